The summed E-state index contributed by atoms with van der Waals surface area (Å²) in [6.07, 6.45) is 3.25. The second-order valence-corrected chi connectivity index (χ2v) is 7.98. The van der Waals surface area contributed by atoms with Crippen LogP contribution in [0.25, 0.3) is 11.3 Å². The van der Waals surface area contributed by atoms with E-state index in [0.29, 0.717) is 33.0 Å². The van der Waals surface area contributed by atoms with Crippen molar-refractivity contribution in [1.29, 1.82) is 0 Å². The molecular formula is C24H17Cl2F2N3O2. The third kappa shape index (κ3) is 5.56. The Morgan fingerprint density at radius 3 is 2.61 bits per heavy atom. The van der Waals surface area contributed by atoms with Crippen molar-refractivity contribution in [3.05, 3.63) is 100 Å². The first-order valence-corrected chi connectivity index (χ1v) is 10.7. The summed E-state index contributed by atoms with van der Waals surface area (Å²) in [6.45, 7) is 0.0272. The topological polar surface area (TPSA) is 59.2 Å². The molecule has 0 spiro atoms. The first-order chi connectivity index (χ1) is 15.9. The van der Waals surface area contributed by atoms with Crippen molar-refractivity contribution >= 4 is 34.8 Å². The maximum Gasteiger partial charge on any atom is 0.227 e. The molecule has 1 amide bonds. The fourth-order valence-corrected chi connectivity index (χ4v) is 3.75. The number of anilines is 1. The molecule has 0 saturated heterocycles. The van der Waals surface area contributed by atoms with E-state index in [9.17, 15) is 13.6 Å². The van der Waals surface area contributed by atoms with Crippen molar-refractivity contribution in [3.63, 3.8) is 0 Å². The Morgan fingerprint density at radius 1 is 1.03 bits per heavy atom. The third-order valence-electron chi connectivity index (χ3n) is 4.85. The molecule has 0 aliphatic rings. The molecule has 0 fully saturated rings. The number of rotatable bonds is 7. The van der Waals surface area contributed by atoms with Gasteiger partial charge in [0, 0.05) is 35.7 Å². The van der Waals surface area contributed by atoms with E-state index in [1.54, 1.807) is 42.6 Å². The van der Waals surface area contributed by atoms with Crippen LogP contribution in [0.5, 0.6) is 0 Å². The van der Waals surface area contributed by atoms with E-state index < -0.39 is 17.5 Å². The number of hydrogen-bond donors (Lipinski definition) is 0. The molecule has 168 valence electrons. The number of nitrogens with zero attached hydrogens (tertiary/aromatic N) is 3. The summed E-state index contributed by atoms with van der Waals surface area (Å²) >= 11 is 12.1. The van der Waals surface area contributed by atoms with Crippen molar-refractivity contribution in [3.8, 4) is 11.3 Å². The van der Waals surface area contributed by atoms with Crippen LogP contribution in [0.4, 0.5) is 14.5 Å². The molecule has 0 aliphatic heterocycles. The van der Waals surface area contributed by atoms with Gasteiger partial charge in [0.05, 0.1) is 29.1 Å². The van der Waals surface area contributed by atoms with Gasteiger partial charge in [-0.2, -0.15) is 0 Å². The van der Waals surface area contributed by atoms with Crippen molar-refractivity contribution in [1.82, 2.24) is 9.97 Å². The van der Waals surface area contributed by atoms with Crippen LogP contribution < -0.4 is 4.90 Å². The Morgan fingerprint density at radius 2 is 1.88 bits per heavy atom. The van der Waals surface area contributed by atoms with Crippen molar-refractivity contribution in [2.75, 3.05) is 4.90 Å². The second kappa shape index (κ2) is 10.1. The lowest BCUT2D eigenvalue weighted by atomic mass is 10.2. The highest BCUT2D eigenvalue weighted by Crippen LogP contribution is 2.31. The van der Waals surface area contributed by atoms with Crippen LogP contribution in [0.15, 0.2) is 71.4 Å². The quantitative estimate of drug-likeness (QED) is 0.299. The van der Waals surface area contributed by atoms with Crippen LogP contribution in [0.1, 0.15) is 18.0 Å². The highest BCUT2D eigenvalue weighted by Gasteiger charge is 2.21. The first-order valence-electron chi connectivity index (χ1n) is 9.96. The van der Waals surface area contributed by atoms with E-state index in [-0.39, 0.29) is 25.1 Å². The van der Waals surface area contributed by atoms with Gasteiger partial charge in [0.1, 0.15) is 11.6 Å². The standard InChI is InChI=1S/C24H17Cl2F2N3O2/c25-15-4-6-18(19(26)11-15)22-13-30-23(33-22)8-9-24(32)31(14-17-3-1-2-10-29-17)21-7-5-16(27)12-20(21)28/h1-7,10-13H,8-9,14H2. The number of pyridine rings is 1. The summed E-state index contributed by atoms with van der Waals surface area (Å²) in [4.78, 5) is 22.7. The van der Waals surface area contributed by atoms with Crippen LogP contribution in [-0.4, -0.2) is 15.9 Å². The number of hydrogen-bond acceptors (Lipinski definition) is 4. The zero-order valence-electron chi connectivity index (χ0n) is 17.1. The van der Waals surface area contributed by atoms with Gasteiger partial charge in [0.2, 0.25) is 5.91 Å². The number of aromatic nitrogens is 2. The third-order valence-corrected chi connectivity index (χ3v) is 5.40. The number of carbonyl (C=O) groups excluding carboxylic acids is 1. The van der Waals surface area contributed by atoms with Crippen molar-refractivity contribution < 1.29 is 18.0 Å². The van der Waals surface area contributed by atoms with Gasteiger partial charge in [-0.3, -0.25) is 9.78 Å². The highest BCUT2D eigenvalue weighted by molar-refractivity contribution is 6.36. The molecule has 0 bridgehead atoms. The molecule has 5 nitrogen and oxygen atoms in total. The average Bonchev–Trinajstić information content (AvgIpc) is 3.26. The van der Waals surface area contributed by atoms with E-state index in [1.807, 2.05) is 0 Å². The number of oxazole rings is 1. The minimum absolute atomic E-state index is 0.0159. The fraction of sp³-hybridized carbons (Fsp3) is 0.125. The van der Waals surface area contributed by atoms with Gasteiger partial charge in [-0.05, 0) is 42.5 Å². The number of carbonyl (C=O) groups is 1. The Labute approximate surface area is 198 Å². The Balaban J connectivity index is 1.52. The summed E-state index contributed by atoms with van der Waals surface area (Å²) in [5, 5.41) is 0.907. The molecule has 0 unspecified atom stereocenters. The summed E-state index contributed by atoms with van der Waals surface area (Å²) in [5.41, 5.74) is 1.15. The molecule has 4 rings (SSSR count). The number of benzene rings is 2. The SMILES string of the molecule is O=C(CCc1ncc(-c2ccc(Cl)cc2Cl)o1)N(Cc1ccccn1)c1ccc(F)cc1F. The van der Waals surface area contributed by atoms with Crippen LogP contribution in [-0.2, 0) is 17.8 Å². The van der Waals surface area contributed by atoms with Crippen LogP contribution in [0.3, 0.4) is 0 Å². The fourth-order valence-electron chi connectivity index (χ4n) is 3.25. The zero-order valence-corrected chi connectivity index (χ0v) is 18.7. The molecule has 2 heterocycles. The molecule has 2 aromatic heterocycles. The molecule has 33 heavy (non-hydrogen) atoms. The minimum atomic E-state index is -0.838. The lowest BCUT2D eigenvalue weighted by molar-refractivity contribution is -0.118. The van der Waals surface area contributed by atoms with Crippen LogP contribution >= 0.6 is 23.2 Å². The summed E-state index contributed by atoms with van der Waals surface area (Å²) in [7, 11) is 0. The zero-order chi connectivity index (χ0) is 23.4. The van der Waals surface area contributed by atoms with Gasteiger partial charge in [0.15, 0.2) is 11.7 Å². The number of halogens is 4. The van der Waals surface area contributed by atoms with E-state index >= 15 is 0 Å². The maximum absolute atomic E-state index is 14.5. The molecule has 0 radical (unpaired) electrons. The molecule has 9 heteroatoms. The van der Waals surface area contributed by atoms with Gasteiger partial charge in [-0.15, -0.1) is 0 Å². The van der Waals surface area contributed by atoms with E-state index in [1.165, 1.54) is 17.2 Å². The van der Waals surface area contributed by atoms with Gasteiger partial charge in [0.25, 0.3) is 0 Å². The van der Waals surface area contributed by atoms with E-state index in [0.717, 1.165) is 12.1 Å². The lowest BCUT2D eigenvalue weighted by Crippen LogP contribution is -2.31. The Kier molecular flexibility index (Phi) is 7.01. The van der Waals surface area contributed by atoms with Gasteiger partial charge < -0.3 is 9.32 Å². The van der Waals surface area contributed by atoms with E-state index in [4.69, 9.17) is 27.6 Å². The summed E-state index contributed by atoms with van der Waals surface area (Å²) in [6, 6.07) is 13.3. The van der Waals surface area contributed by atoms with Gasteiger partial charge in [-0.25, -0.2) is 13.8 Å². The Bertz CT molecular complexity index is 1280. The predicted octanol–water partition coefficient (Wildman–Crippen LogP) is 6.49. The lowest BCUT2D eigenvalue weighted by Gasteiger charge is -2.23. The molecule has 4 aromatic rings. The molecule has 2 aromatic carbocycles. The monoisotopic (exact) mass is 487 g/mol. The molecular weight excluding hydrogens is 471 g/mol. The van der Waals surface area contributed by atoms with Gasteiger partial charge >= 0.3 is 0 Å². The predicted molar refractivity (Wildman–Crippen MR) is 122 cm³/mol. The van der Waals surface area contributed by atoms with Crippen LogP contribution in [0, 0.1) is 11.6 Å². The second-order valence-electron chi connectivity index (χ2n) is 7.14. The van der Waals surface area contributed by atoms with Crippen molar-refractivity contribution in [2.45, 2.75) is 19.4 Å². The highest BCUT2D eigenvalue weighted by atomic mass is 35.5. The smallest absolute Gasteiger partial charge is 0.227 e. The van der Waals surface area contributed by atoms with E-state index in [2.05, 4.69) is 9.97 Å². The number of amides is 1. The normalized spacial score (nSPS) is 10.9. The Hall–Kier alpha value is -3.29. The summed E-state index contributed by atoms with van der Waals surface area (Å²) < 4.78 is 33.6. The molecule has 0 aliphatic carbocycles. The number of aryl methyl sites for hydroxylation is 1. The average molecular weight is 488 g/mol. The molecule has 0 atom stereocenters. The summed E-state index contributed by atoms with van der Waals surface area (Å²) in [5.74, 6) is -1.20. The minimum Gasteiger partial charge on any atom is -0.441 e. The molecule has 0 N–H and O–H groups in total. The maximum atomic E-state index is 14.5. The molecule has 0 saturated carbocycles. The first kappa shape index (κ1) is 22.9. The van der Waals surface area contributed by atoms with Crippen molar-refractivity contribution in [2.24, 2.45) is 0 Å². The van der Waals surface area contributed by atoms with Gasteiger partial charge in [-0.1, -0.05) is 29.3 Å². The largest absolute Gasteiger partial charge is 0.441 e. The van der Waals surface area contributed by atoms with Crippen LogP contribution in [0.2, 0.25) is 10.0 Å².